The van der Waals surface area contributed by atoms with Crippen LogP contribution in [0.2, 0.25) is 0 Å². The van der Waals surface area contributed by atoms with Crippen molar-refractivity contribution in [1.29, 1.82) is 5.26 Å². The second-order valence-corrected chi connectivity index (χ2v) is 4.72. The quantitative estimate of drug-likeness (QED) is 0.780. The van der Waals surface area contributed by atoms with Gasteiger partial charge in [0.15, 0.2) is 0 Å². The summed E-state index contributed by atoms with van der Waals surface area (Å²) >= 11 is 3.30. The van der Waals surface area contributed by atoms with Crippen LogP contribution in [0.5, 0.6) is 0 Å². The molecular weight excluding hydrogens is 310 g/mol. The molecule has 0 bridgehead atoms. The van der Waals surface area contributed by atoms with Gasteiger partial charge in [0.25, 0.3) is 5.91 Å². The van der Waals surface area contributed by atoms with Crippen molar-refractivity contribution >= 4 is 27.7 Å². The number of amides is 2. The standard InChI is InChI=1S/C13H14BrN3O2/c14-11-4-2-10(3-5-11)13(19)17-9-1-8-16-12(18)6-7-15/h2-5H,1,6,8-9H2,(H,16,18)(H,17,19). The van der Waals surface area contributed by atoms with Crippen molar-refractivity contribution in [3.8, 4) is 6.07 Å². The summed E-state index contributed by atoms with van der Waals surface area (Å²) in [6.07, 6.45) is 0.491. The van der Waals surface area contributed by atoms with Crippen molar-refractivity contribution in [3.63, 3.8) is 0 Å². The van der Waals surface area contributed by atoms with Gasteiger partial charge < -0.3 is 10.6 Å². The van der Waals surface area contributed by atoms with Gasteiger partial charge in [0.05, 0.1) is 6.07 Å². The summed E-state index contributed by atoms with van der Waals surface area (Å²) in [5.41, 5.74) is 0.594. The summed E-state index contributed by atoms with van der Waals surface area (Å²) in [7, 11) is 0. The van der Waals surface area contributed by atoms with Gasteiger partial charge in [-0.2, -0.15) is 5.26 Å². The SMILES string of the molecule is N#CCC(=O)NCCCNC(=O)c1ccc(Br)cc1. The van der Waals surface area contributed by atoms with Crippen LogP contribution in [0, 0.1) is 11.3 Å². The zero-order valence-electron chi connectivity index (χ0n) is 10.3. The Morgan fingerprint density at radius 1 is 1.16 bits per heavy atom. The van der Waals surface area contributed by atoms with Crippen LogP contribution in [-0.2, 0) is 4.79 Å². The molecule has 2 amide bonds. The molecule has 0 fully saturated rings. The highest BCUT2D eigenvalue weighted by atomic mass is 79.9. The number of nitrogens with one attached hydrogen (secondary N) is 2. The first-order chi connectivity index (χ1) is 9.13. The summed E-state index contributed by atoms with van der Waals surface area (Å²) in [5.74, 6) is -0.433. The predicted octanol–water partition coefficient (Wildman–Crippen LogP) is 1.60. The number of carbonyl (C=O) groups excluding carboxylic acids is 2. The molecule has 1 rings (SSSR count). The van der Waals surface area contributed by atoms with E-state index in [4.69, 9.17) is 5.26 Å². The first-order valence-electron chi connectivity index (χ1n) is 5.81. The van der Waals surface area contributed by atoms with Crippen molar-refractivity contribution in [3.05, 3.63) is 34.3 Å². The molecule has 0 radical (unpaired) electrons. The molecule has 0 aliphatic heterocycles. The molecule has 6 heteroatoms. The highest BCUT2D eigenvalue weighted by molar-refractivity contribution is 9.10. The smallest absolute Gasteiger partial charge is 0.251 e. The number of nitriles is 1. The molecule has 5 nitrogen and oxygen atoms in total. The Morgan fingerprint density at radius 2 is 1.79 bits per heavy atom. The number of halogens is 1. The summed E-state index contributed by atoms with van der Waals surface area (Å²) < 4.78 is 0.921. The minimum Gasteiger partial charge on any atom is -0.355 e. The maximum absolute atomic E-state index is 11.7. The molecule has 0 aliphatic rings. The highest BCUT2D eigenvalue weighted by Crippen LogP contribution is 2.10. The zero-order chi connectivity index (χ0) is 14.1. The molecule has 2 N–H and O–H groups in total. The van der Waals surface area contributed by atoms with Crippen LogP contribution in [0.4, 0.5) is 0 Å². The Labute approximate surface area is 120 Å². The number of rotatable bonds is 6. The third kappa shape index (κ3) is 6.02. The van der Waals surface area contributed by atoms with Crippen molar-refractivity contribution in [2.75, 3.05) is 13.1 Å². The fourth-order valence-electron chi connectivity index (χ4n) is 1.36. The summed E-state index contributed by atoms with van der Waals surface area (Å²) in [6.45, 7) is 0.920. The largest absolute Gasteiger partial charge is 0.355 e. The van der Waals surface area contributed by atoms with E-state index in [-0.39, 0.29) is 18.2 Å². The van der Waals surface area contributed by atoms with Crippen LogP contribution in [0.25, 0.3) is 0 Å². The van der Waals surface area contributed by atoms with E-state index >= 15 is 0 Å². The Kier molecular flexibility index (Phi) is 6.61. The topological polar surface area (TPSA) is 82.0 Å². The number of nitrogens with zero attached hydrogens (tertiary/aromatic N) is 1. The van der Waals surface area contributed by atoms with Crippen LogP contribution >= 0.6 is 15.9 Å². The van der Waals surface area contributed by atoms with Crippen LogP contribution in [0.1, 0.15) is 23.2 Å². The van der Waals surface area contributed by atoms with Gasteiger partial charge in [-0.1, -0.05) is 15.9 Å². The lowest BCUT2D eigenvalue weighted by Crippen LogP contribution is -2.29. The molecule has 0 spiro atoms. The minimum atomic E-state index is -0.290. The Morgan fingerprint density at radius 3 is 2.42 bits per heavy atom. The van der Waals surface area contributed by atoms with Gasteiger partial charge in [0, 0.05) is 23.1 Å². The molecule has 1 aromatic carbocycles. The predicted molar refractivity (Wildman–Crippen MR) is 74.3 cm³/mol. The van der Waals surface area contributed by atoms with Gasteiger partial charge in [-0.15, -0.1) is 0 Å². The number of benzene rings is 1. The van der Waals surface area contributed by atoms with Crippen LogP contribution in [0.3, 0.4) is 0 Å². The fraction of sp³-hybridized carbons (Fsp3) is 0.308. The van der Waals surface area contributed by atoms with Gasteiger partial charge in [-0.3, -0.25) is 9.59 Å². The van der Waals surface area contributed by atoms with Crippen molar-refractivity contribution < 1.29 is 9.59 Å². The summed E-state index contributed by atoms with van der Waals surface area (Å²) in [5, 5.41) is 13.6. The first-order valence-corrected chi connectivity index (χ1v) is 6.60. The van der Waals surface area contributed by atoms with Crippen molar-refractivity contribution in [2.24, 2.45) is 0 Å². The van der Waals surface area contributed by atoms with Gasteiger partial charge in [0.1, 0.15) is 6.42 Å². The molecule has 0 aliphatic carbocycles. The van der Waals surface area contributed by atoms with Gasteiger partial charge >= 0.3 is 0 Å². The average molecular weight is 324 g/mol. The normalized spacial score (nSPS) is 9.47. The fourth-order valence-corrected chi connectivity index (χ4v) is 1.62. The van der Waals surface area contributed by atoms with Gasteiger partial charge in [0.2, 0.25) is 5.91 Å². The second-order valence-electron chi connectivity index (χ2n) is 3.80. The average Bonchev–Trinajstić information content (AvgIpc) is 2.39. The van der Waals surface area contributed by atoms with Crippen molar-refractivity contribution in [1.82, 2.24) is 10.6 Å². The maximum atomic E-state index is 11.7. The third-order valence-electron chi connectivity index (χ3n) is 2.31. The van der Waals surface area contributed by atoms with E-state index in [0.29, 0.717) is 25.1 Å². The van der Waals surface area contributed by atoms with E-state index in [1.165, 1.54) is 0 Å². The summed E-state index contributed by atoms with van der Waals surface area (Å²) in [6, 6.07) is 8.83. The summed E-state index contributed by atoms with van der Waals surface area (Å²) in [4.78, 5) is 22.7. The molecule has 0 saturated carbocycles. The van der Waals surface area contributed by atoms with Crippen LogP contribution in [-0.4, -0.2) is 24.9 Å². The molecule has 0 heterocycles. The van der Waals surface area contributed by atoms with E-state index in [2.05, 4.69) is 26.6 Å². The van der Waals surface area contributed by atoms with Gasteiger partial charge in [-0.25, -0.2) is 0 Å². The molecule has 0 atom stereocenters. The molecule has 0 saturated heterocycles. The highest BCUT2D eigenvalue weighted by Gasteiger charge is 2.04. The van der Waals surface area contributed by atoms with Crippen LogP contribution < -0.4 is 10.6 Å². The third-order valence-corrected chi connectivity index (χ3v) is 2.84. The first kappa shape index (κ1) is 15.2. The molecule has 19 heavy (non-hydrogen) atoms. The minimum absolute atomic E-state index is 0.134. The van der Waals surface area contributed by atoms with Gasteiger partial charge in [-0.05, 0) is 30.7 Å². The molecule has 1 aromatic rings. The van der Waals surface area contributed by atoms with E-state index in [1.54, 1.807) is 30.3 Å². The zero-order valence-corrected chi connectivity index (χ0v) is 11.9. The Hall–Kier alpha value is -1.87. The molecule has 0 aromatic heterocycles. The van der Waals surface area contributed by atoms with E-state index in [9.17, 15) is 9.59 Å². The molecule has 0 unspecified atom stereocenters. The monoisotopic (exact) mass is 323 g/mol. The maximum Gasteiger partial charge on any atom is 0.251 e. The number of hydrogen-bond donors (Lipinski definition) is 2. The van der Waals surface area contributed by atoms with E-state index in [0.717, 1.165) is 4.47 Å². The van der Waals surface area contributed by atoms with Crippen molar-refractivity contribution in [2.45, 2.75) is 12.8 Å². The van der Waals surface area contributed by atoms with E-state index in [1.807, 2.05) is 0 Å². The van der Waals surface area contributed by atoms with Crippen LogP contribution in [0.15, 0.2) is 28.7 Å². The number of hydrogen-bond acceptors (Lipinski definition) is 3. The number of carbonyl (C=O) groups is 2. The molecule has 100 valence electrons. The molecular formula is C13H14BrN3O2. The Bertz CT molecular complexity index is 480. The second kappa shape index (κ2) is 8.27. The van der Waals surface area contributed by atoms with E-state index < -0.39 is 0 Å². The lowest BCUT2D eigenvalue weighted by Gasteiger charge is -2.06. The Balaban J connectivity index is 2.19. The lowest BCUT2D eigenvalue weighted by atomic mass is 10.2. The lowest BCUT2D eigenvalue weighted by molar-refractivity contribution is -0.120.